The van der Waals surface area contributed by atoms with Crippen molar-refractivity contribution in [1.29, 1.82) is 0 Å². The Bertz CT molecular complexity index is 454. The maximum absolute atomic E-state index is 8.72. The lowest BCUT2D eigenvalue weighted by Crippen LogP contribution is -2.40. The van der Waals surface area contributed by atoms with Crippen LogP contribution in [0.3, 0.4) is 0 Å². The van der Waals surface area contributed by atoms with Crippen LogP contribution in [0.2, 0.25) is 0 Å². The van der Waals surface area contributed by atoms with Gasteiger partial charge in [0.15, 0.2) is 11.5 Å². The molecule has 116 valence electrons. The molecule has 2 aliphatic heterocycles. The van der Waals surface area contributed by atoms with Gasteiger partial charge in [-0.2, -0.15) is 0 Å². The van der Waals surface area contributed by atoms with Gasteiger partial charge in [-0.15, -0.1) is 0 Å². The lowest BCUT2D eigenvalue weighted by molar-refractivity contribution is 0.0551. The molecule has 0 aliphatic carbocycles. The van der Waals surface area contributed by atoms with E-state index < -0.39 is 0 Å². The van der Waals surface area contributed by atoms with Crippen molar-refractivity contribution in [3.8, 4) is 11.5 Å². The zero-order valence-corrected chi connectivity index (χ0v) is 12.2. The summed E-state index contributed by atoms with van der Waals surface area (Å²) < 4.78 is 17.2. The highest BCUT2D eigenvalue weighted by Crippen LogP contribution is 2.31. The molecule has 1 fully saturated rings. The number of benzene rings is 1. The van der Waals surface area contributed by atoms with Gasteiger partial charge in [-0.1, -0.05) is 12.1 Å². The predicted octanol–water partition coefficient (Wildman–Crippen LogP) is 1.16. The van der Waals surface area contributed by atoms with E-state index in [0.717, 1.165) is 44.2 Å². The normalized spacial score (nSPS) is 25.2. The third-order valence-electron chi connectivity index (χ3n) is 3.99. The Hall–Kier alpha value is -1.30. The van der Waals surface area contributed by atoms with E-state index in [4.69, 9.17) is 19.3 Å². The molecule has 0 amide bonds. The third-order valence-corrected chi connectivity index (χ3v) is 3.99. The highest BCUT2D eigenvalue weighted by atomic mass is 16.6. The van der Waals surface area contributed by atoms with Gasteiger partial charge in [0.2, 0.25) is 0 Å². The molecule has 0 spiro atoms. The first kappa shape index (κ1) is 14.6. The Morgan fingerprint density at radius 2 is 2.14 bits per heavy atom. The molecule has 5 nitrogen and oxygen atoms in total. The number of nitrogens with zero attached hydrogens (tertiary/aromatic N) is 1. The molecule has 3 rings (SSSR count). The number of aliphatic hydroxyl groups is 1. The van der Waals surface area contributed by atoms with Crippen LogP contribution < -0.4 is 9.47 Å². The van der Waals surface area contributed by atoms with E-state index in [2.05, 4.69) is 4.90 Å². The first-order valence-corrected chi connectivity index (χ1v) is 7.64. The number of likely N-dealkylation sites (tertiary alicyclic amines) is 1. The summed E-state index contributed by atoms with van der Waals surface area (Å²) in [6.07, 6.45) is 1.24. The quantitative estimate of drug-likeness (QED) is 0.798. The minimum absolute atomic E-state index is 0.0945. The van der Waals surface area contributed by atoms with Crippen molar-refractivity contribution >= 4 is 0 Å². The van der Waals surface area contributed by atoms with E-state index >= 15 is 0 Å². The molecule has 2 aliphatic rings. The van der Waals surface area contributed by atoms with Crippen molar-refractivity contribution in [3.05, 3.63) is 24.3 Å². The van der Waals surface area contributed by atoms with Crippen molar-refractivity contribution in [2.45, 2.75) is 12.5 Å². The molecule has 1 saturated heterocycles. The first-order chi connectivity index (χ1) is 10.3. The highest BCUT2D eigenvalue weighted by Gasteiger charge is 2.28. The molecule has 2 heterocycles. The van der Waals surface area contributed by atoms with Crippen LogP contribution in [0.4, 0.5) is 0 Å². The predicted molar refractivity (Wildman–Crippen MR) is 78.8 cm³/mol. The van der Waals surface area contributed by atoms with Crippen molar-refractivity contribution in [1.82, 2.24) is 4.90 Å². The van der Waals surface area contributed by atoms with Gasteiger partial charge in [-0.3, -0.25) is 4.90 Å². The van der Waals surface area contributed by atoms with Crippen molar-refractivity contribution in [2.24, 2.45) is 5.92 Å². The monoisotopic (exact) mass is 293 g/mol. The van der Waals surface area contributed by atoms with Gasteiger partial charge in [0.1, 0.15) is 12.7 Å². The highest BCUT2D eigenvalue weighted by molar-refractivity contribution is 5.40. The molecule has 2 unspecified atom stereocenters. The van der Waals surface area contributed by atoms with E-state index in [9.17, 15) is 0 Å². The fourth-order valence-electron chi connectivity index (χ4n) is 2.97. The number of hydrogen-bond donors (Lipinski definition) is 1. The average molecular weight is 293 g/mol. The minimum atomic E-state index is 0.0945. The average Bonchev–Trinajstić information content (AvgIpc) is 2.95. The summed E-state index contributed by atoms with van der Waals surface area (Å²) in [7, 11) is 0. The largest absolute Gasteiger partial charge is 0.486 e. The molecule has 2 atom stereocenters. The summed E-state index contributed by atoms with van der Waals surface area (Å²) in [6.45, 7) is 4.89. The lowest BCUT2D eigenvalue weighted by atomic mass is 10.1. The van der Waals surface area contributed by atoms with Crippen LogP contribution in [-0.2, 0) is 4.74 Å². The Balaban J connectivity index is 1.44. The molecule has 1 aromatic carbocycles. The number of para-hydroxylation sites is 2. The van der Waals surface area contributed by atoms with Crippen LogP contribution in [0.15, 0.2) is 24.3 Å². The molecular weight excluding hydrogens is 270 g/mol. The summed E-state index contributed by atoms with van der Waals surface area (Å²) in [5.41, 5.74) is 0. The van der Waals surface area contributed by atoms with Gasteiger partial charge in [0, 0.05) is 13.1 Å². The number of ether oxygens (including phenoxy) is 3. The Kier molecular flexibility index (Phi) is 4.95. The van der Waals surface area contributed by atoms with Gasteiger partial charge < -0.3 is 19.3 Å². The van der Waals surface area contributed by atoms with Crippen molar-refractivity contribution < 1.29 is 19.3 Å². The molecule has 0 aromatic heterocycles. The second kappa shape index (κ2) is 7.11. The fraction of sp³-hybridized carbons (Fsp3) is 0.625. The molecular formula is C16H23NO4. The number of rotatable bonds is 6. The van der Waals surface area contributed by atoms with Crippen LogP contribution in [0.5, 0.6) is 11.5 Å². The van der Waals surface area contributed by atoms with E-state index in [1.54, 1.807) is 0 Å². The van der Waals surface area contributed by atoms with Crippen molar-refractivity contribution in [2.75, 3.05) is 46.1 Å². The maximum atomic E-state index is 8.72. The molecule has 21 heavy (non-hydrogen) atoms. The topological polar surface area (TPSA) is 51.2 Å². The molecule has 5 heteroatoms. The van der Waals surface area contributed by atoms with Crippen LogP contribution >= 0.6 is 0 Å². The number of aliphatic hydroxyl groups excluding tert-OH is 1. The molecule has 1 N–H and O–H groups in total. The summed E-state index contributed by atoms with van der Waals surface area (Å²) in [4.78, 5) is 2.41. The van der Waals surface area contributed by atoms with Crippen LogP contribution in [0, 0.1) is 5.92 Å². The van der Waals surface area contributed by atoms with Crippen LogP contribution in [-0.4, -0.2) is 62.2 Å². The third kappa shape index (κ3) is 3.87. The van der Waals surface area contributed by atoms with E-state index in [-0.39, 0.29) is 12.7 Å². The van der Waals surface area contributed by atoms with E-state index in [1.165, 1.54) is 0 Å². The lowest BCUT2D eigenvalue weighted by Gasteiger charge is -2.29. The van der Waals surface area contributed by atoms with E-state index in [0.29, 0.717) is 19.1 Å². The molecule has 0 saturated carbocycles. The smallest absolute Gasteiger partial charge is 0.161 e. The second-order valence-corrected chi connectivity index (χ2v) is 5.71. The molecule has 1 aromatic rings. The zero-order chi connectivity index (χ0) is 14.5. The van der Waals surface area contributed by atoms with Gasteiger partial charge >= 0.3 is 0 Å². The Morgan fingerprint density at radius 3 is 3.00 bits per heavy atom. The Labute approximate surface area is 125 Å². The van der Waals surface area contributed by atoms with Gasteiger partial charge in [0.05, 0.1) is 19.8 Å². The maximum Gasteiger partial charge on any atom is 0.161 e. The first-order valence-electron chi connectivity index (χ1n) is 7.64. The standard InChI is InChI=1S/C16H23NO4/c18-7-8-19-11-13-5-6-17(9-13)10-14-12-20-15-3-1-2-4-16(15)21-14/h1-4,13-14,18H,5-12H2. The van der Waals surface area contributed by atoms with Gasteiger partial charge in [-0.05, 0) is 31.0 Å². The summed E-state index contributed by atoms with van der Waals surface area (Å²) in [5.74, 6) is 2.24. The fourth-order valence-corrected chi connectivity index (χ4v) is 2.97. The summed E-state index contributed by atoms with van der Waals surface area (Å²) >= 11 is 0. The zero-order valence-electron chi connectivity index (χ0n) is 12.2. The van der Waals surface area contributed by atoms with Crippen molar-refractivity contribution in [3.63, 3.8) is 0 Å². The summed E-state index contributed by atoms with van der Waals surface area (Å²) in [6, 6.07) is 7.82. The van der Waals surface area contributed by atoms with E-state index in [1.807, 2.05) is 24.3 Å². The van der Waals surface area contributed by atoms with Crippen LogP contribution in [0.25, 0.3) is 0 Å². The molecule has 0 radical (unpaired) electrons. The Morgan fingerprint density at radius 1 is 1.29 bits per heavy atom. The minimum Gasteiger partial charge on any atom is -0.486 e. The SMILES string of the molecule is OCCOCC1CCN(CC2COc3ccccc3O2)C1. The number of fused-ring (bicyclic) bond motifs is 1. The van der Waals surface area contributed by atoms with Gasteiger partial charge in [-0.25, -0.2) is 0 Å². The van der Waals surface area contributed by atoms with Gasteiger partial charge in [0.25, 0.3) is 0 Å². The summed E-state index contributed by atoms with van der Waals surface area (Å²) in [5, 5.41) is 8.72. The number of hydrogen-bond acceptors (Lipinski definition) is 5. The second-order valence-electron chi connectivity index (χ2n) is 5.71. The molecule has 0 bridgehead atoms. The van der Waals surface area contributed by atoms with Crippen LogP contribution in [0.1, 0.15) is 6.42 Å².